The fourth-order valence-electron chi connectivity index (χ4n) is 2.50. The Balaban J connectivity index is 2.03. The number of hydrogen-bond acceptors (Lipinski definition) is 2. The average molecular weight is 255 g/mol. The molecule has 0 heterocycles. The van der Waals surface area contributed by atoms with Crippen LogP contribution < -0.4 is 5.32 Å². The van der Waals surface area contributed by atoms with Crippen LogP contribution in [0, 0.1) is 11.8 Å². The first-order valence-electron chi connectivity index (χ1n) is 6.78. The van der Waals surface area contributed by atoms with E-state index in [1.165, 1.54) is 0 Å². The lowest BCUT2D eigenvalue weighted by Gasteiger charge is -2.10. The maximum atomic E-state index is 12.4. The topological polar surface area (TPSA) is 46.2 Å². The van der Waals surface area contributed by atoms with Gasteiger partial charge in [0.1, 0.15) is 0 Å². The van der Waals surface area contributed by atoms with Gasteiger partial charge >= 0.3 is 0 Å². The lowest BCUT2D eigenvalue weighted by molar-refractivity contribution is -0.123. The number of carbonyl (C=O) groups excluding carboxylic acids is 2. The van der Waals surface area contributed by atoms with Crippen LogP contribution in [0.3, 0.4) is 0 Å². The summed E-state index contributed by atoms with van der Waals surface area (Å²) in [5, 5.41) is 2.84. The molecule has 3 rings (SSSR count). The molecule has 98 valence electrons. The normalized spacial score (nSPS) is 17.9. The van der Waals surface area contributed by atoms with Crippen molar-refractivity contribution in [3.63, 3.8) is 0 Å². The number of nitrogens with one attached hydrogen (secondary N) is 1. The summed E-state index contributed by atoms with van der Waals surface area (Å²) in [6, 6.07) is 7.64. The minimum Gasteiger partial charge on any atom is -0.322 e. The highest BCUT2D eigenvalue weighted by Gasteiger charge is 2.38. The quantitative estimate of drug-likeness (QED) is 0.902. The molecule has 1 amide bonds. The van der Waals surface area contributed by atoms with E-state index in [-0.39, 0.29) is 17.6 Å². The van der Waals surface area contributed by atoms with E-state index < -0.39 is 0 Å². The molecule has 1 N–H and O–H groups in total. The predicted octanol–water partition coefficient (Wildman–Crippen LogP) is 2.78. The zero-order valence-corrected chi connectivity index (χ0v) is 11.2. The number of carbonyl (C=O) groups is 2. The Labute approximate surface area is 112 Å². The van der Waals surface area contributed by atoms with Gasteiger partial charge in [0.15, 0.2) is 0 Å². The van der Waals surface area contributed by atoms with E-state index in [1.807, 2.05) is 38.1 Å². The van der Waals surface area contributed by atoms with Crippen LogP contribution in [0.25, 0.3) is 5.57 Å². The van der Waals surface area contributed by atoms with Gasteiger partial charge in [-0.1, -0.05) is 38.1 Å². The van der Waals surface area contributed by atoms with Gasteiger partial charge in [-0.05, 0) is 29.9 Å². The Morgan fingerprint density at radius 1 is 1.21 bits per heavy atom. The van der Waals surface area contributed by atoms with Crippen LogP contribution in [0.4, 0.5) is 0 Å². The van der Waals surface area contributed by atoms with E-state index >= 15 is 0 Å². The number of allylic oxidation sites excluding steroid dienone is 2. The summed E-state index contributed by atoms with van der Waals surface area (Å²) < 4.78 is 0. The van der Waals surface area contributed by atoms with Crippen molar-refractivity contribution in [2.45, 2.75) is 26.7 Å². The van der Waals surface area contributed by atoms with Gasteiger partial charge in [-0.3, -0.25) is 9.59 Å². The summed E-state index contributed by atoms with van der Waals surface area (Å²) in [6.07, 6.45) is 2.22. The van der Waals surface area contributed by atoms with E-state index in [4.69, 9.17) is 0 Å². The van der Waals surface area contributed by atoms with Crippen LogP contribution >= 0.6 is 0 Å². The summed E-state index contributed by atoms with van der Waals surface area (Å²) in [7, 11) is 0. The molecule has 2 aliphatic carbocycles. The number of fused-ring (bicyclic) bond motifs is 1. The van der Waals surface area contributed by atoms with Crippen LogP contribution in [0.15, 0.2) is 30.0 Å². The third-order valence-electron chi connectivity index (χ3n) is 3.72. The Hall–Kier alpha value is -1.90. The third kappa shape index (κ3) is 1.99. The van der Waals surface area contributed by atoms with Gasteiger partial charge < -0.3 is 5.32 Å². The fraction of sp³-hybridized carbons (Fsp3) is 0.375. The summed E-state index contributed by atoms with van der Waals surface area (Å²) in [4.78, 5) is 24.3. The summed E-state index contributed by atoms with van der Waals surface area (Å²) >= 11 is 0. The first-order chi connectivity index (χ1) is 9.09. The molecule has 0 radical (unpaired) electrons. The molecule has 3 heteroatoms. The van der Waals surface area contributed by atoms with Crippen LogP contribution in [0.1, 0.15) is 42.6 Å². The molecule has 0 spiro atoms. The van der Waals surface area contributed by atoms with Crippen molar-refractivity contribution >= 4 is 17.3 Å². The van der Waals surface area contributed by atoms with Crippen LogP contribution in [0.2, 0.25) is 0 Å². The van der Waals surface area contributed by atoms with Gasteiger partial charge in [-0.15, -0.1) is 0 Å². The molecule has 1 fully saturated rings. The van der Waals surface area contributed by atoms with Crippen molar-refractivity contribution in [1.29, 1.82) is 0 Å². The number of Topliss-reactive ketones (excluding diaryl/α,β-unsaturated/α-hetero) is 1. The molecule has 0 aromatic heterocycles. The summed E-state index contributed by atoms with van der Waals surface area (Å²) in [5.41, 5.74) is 3.30. The van der Waals surface area contributed by atoms with E-state index in [2.05, 4.69) is 5.32 Å². The van der Waals surface area contributed by atoms with Crippen molar-refractivity contribution in [3.8, 4) is 0 Å². The Morgan fingerprint density at radius 2 is 1.84 bits per heavy atom. The van der Waals surface area contributed by atoms with Gasteiger partial charge in [-0.25, -0.2) is 0 Å². The molecule has 1 aromatic rings. The van der Waals surface area contributed by atoms with Gasteiger partial charge in [0.25, 0.3) is 0 Å². The van der Waals surface area contributed by atoms with E-state index in [0.29, 0.717) is 11.6 Å². The van der Waals surface area contributed by atoms with E-state index in [0.717, 1.165) is 29.5 Å². The third-order valence-corrected chi connectivity index (χ3v) is 3.72. The number of hydrogen-bond donors (Lipinski definition) is 1. The SMILES string of the molecule is CC(C)C(=O)NC1=C(C2CC2)c2ccccc2C1=O. The number of rotatable bonds is 3. The van der Waals surface area contributed by atoms with Gasteiger partial charge in [0, 0.05) is 11.5 Å². The zero-order chi connectivity index (χ0) is 13.6. The lowest BCUT2D eigenvalue weighted by Crippen LogP contribution is -2.30. The first kappa shape index (κ1) is 12.2. The standard InChI is InChI=1S/C16H17NO2/c1-9(2)16(19)17-14-13(10-7-8-10)11-5-3-4-6-12(11)15(14)18/h3-6,9-10H,7-8H2,1-2H3,(H,17,18,19). The molecule has 0 aliphatic heterocycles. The number of amides is 1. The fourth-order valence-corrected chi connectivity index (χ4v) is 2.50. The largest absolute Gasteiger partial charge is 0.322 e. The first-order valence-corrected chi connectivity index (χ1v) is 6.78. The lowest BCUT2D eigenvalue weighted by atomic mass is 10.0. The minimum absolute atomic E-state index is 0.0356. The number of benzene rings is 1. The van der Waals surface area contributed by atoms with Gasteiger partial charge in [0.05, 0.1) is 5.70 Å². The highest BCUT2D eigenvalue weighted by molar-refractivity contribution is 6.22. The molecule has 0 atom stereocenters. The van der Waals surface area contributed by atoms with Gasteiger partial charge in [-0.2, -0.15) is 0 Å². The highest BCUT2D eigenvalue weighted by Crippen LogP contribution is 2.47. The molecule has 0 unspecified atom stereocenters. The number of ketones is 1. The maximum absolute atomic E-state index is 12.4. The molecule has 0 saturated heterocycles. The molecule has 1 aromatic carbocycles. The van der Waals surface area contributed by atoms with Crippen LogP contribution in [-0.4, -0.2) is 11.7 Å². The second kappa shape index (κ2) is 4.34. The minimum atomic E-state index is -0.121. The Morgan fingerprint density at radius 3 is 2.42 bits per heavy atom. The predicted molar refractivity (Wildman–Crippen MR) is 73.4 cm³/mol. The van der Waals surface area contributed by atoms with Gasteiger partial charge in [0.2, 0.25) is 11.7 Å². The van der Waals surface area contributed by atoms with Crippen molar-refractivity contribution in [1.82, 2.24) is 5.32 Å². The van der Waals surface area contributed by atoms with E-state index in [1.54, 1.807) is 0 Å². The van der Waals surface area contributed by atoms with Crippen LogP contribution in [0.5, 0.6) is 0 Å². The summed E-state index contributed by atoms with van der Waals surface area (Å²) in [5.74, 6) is 0.195. The molecule has 1 saturated carbocycles. The molecule has 3 nitrogen and oxygen atoms in total. The van der Waals surface area contributed by atoms with Crippen molar-refractivity contribution in [3.05, 3.63) is 41.1 Å². The zero-order valence-electron chi connectivity index (χ0n) is 11.2. The molecule has 2 aliphatic rings. The molecular weight excluding hydrogens is 238 g/mol. The summed E-state index contributed by atoms with van der Waals surface area (Å²) in [6.45, 7) is 3.67. The van der Waals surface area contributed by atoms with E-state index in [9.17, 15) is 9.59 Å². The van der Waals surface area contributed by atoms with Crippen molar-refractivity contribution in [2.75, 3.05) is 0 Å². The molecular formula is C16H17NO2. The smallest absolute Gasteiger partial charge is 0.227 e. The van der Waals surface area contributed by atoms with Crippen LogP contribution in [-0.2, 0) is 4.79 Å². The Kier molecular flexibility index (Phi) is 2.77. The second-order valence-corrected chi connectivity index (χ2v) is 5.58. The highest BCUT2D eigenvalue weighted by atomic mass is 16.2. The molecule has 0 bridgehead atoms. The maximum Gasteiger partial charge on any atom is 0.227 e. The van der Waals surface area contributed by atoms with Crippen molar-refractivity contribution in [2.24, 2.45) is 11.8 Å². The molecule has 19 heavy (non-hydrogen) atoms. The average Bonchev–Trinajstić information content (AvgIpc) is 3.18. The van der Waals surface area contributed by atoms with Crippen molar-refractivity contribution < 1.29 is 9.59 Å². The monoisotopic (exact) mass is 255 g/mol. The Bertz CT molecular complexity index is 595. The second-order valence-electron chi connectivity index (χ2n) is 5.58.